The fourth-order valence-electron chi connectivity index (χ4n) is 1.72. The highest BCUT2D eigenvalue weighted by Crippen LogP contribution is 2.05. The highest BCUT2D eigenvalue weighted by atomic mass is 16.5. The summed E-state index contributed by atoms with van der Waals surface area (Å²) in [6, 6.07) is 5.60. The van der Waals surface area contributed by atoms with Crippen LogP contribution in [0.4, 0.5) is 0 Å². The largest absolute Gasteiger partial charge is 0.396 e. The number of hydrogen-bond donors (Lipinski definition) is 2. The topological polar surface area (TPSA) is 101 Å². The highest BCUT2D eigenvalue weighted by Gasteiger charge is 2.15. The number of hydrogen-bond acceptors (Lipinski definition) is 6. The van der Waals surface area contributed by atoms with E-state index >= 15 is 0 Å². The van der Waals surface area contributed by atoms with Gasteiger partial charge < -0.3 is 14.9 Å². The Hall–Kier alpha value is -2.28. The Kier molecular flexibility index (Phi) is 4.78. The van der Waals surface area contributed by atoms with Gasteiger partial charge in [-0.1, -0.05) is 11.2 Å². The van der Waals surface area contributed by atoms with Crippen molar-refractivity contribution in [1.82, 2.24) is 20.4 Å². The molecule has 1 amide bonds. The van der Waals surface area contributed by atoms with Crippen molar-refractivity contribution in [2.24, 2.45) is 5.92 Å². The number of carbonyl (C=O) groups is 1. The number of carbonyl (C=O) groups excluding carboxylic acids is 1. The van der Waals surface area contributed by atoms with Crippen molar-refractivity contribution < 1.29 is 14.4 Å². The van der Waals surface area contributed by atoms with E-state index in [1.54, 1.807) is 13.1 Å². The average molecular weight is 276 g/mol. The van der Waals surface area contributed by atoms with E-state index in [1.165, 1.54) is 0 Å². The van der Waals surface area contributed by atoms with E-state index in [0.717, 1.165) is 5.69 Å². The molecule has 106 valence electrons. The predicted octanol–water partition coefficient (Wildman–Crippen LogP) is 0.354. The van der Waals surface area contributed by atoms with Gasteiger partial charge in [-0.15, -0.1) is 0 Å². The van der Waals surface area contributed by atoms with Crippen LogP contribution < -0.4 is 5.32 Å². The monoisotopic (exact) mass is 276 g/mol. The van der Waals surface area contributed by atoms with Crippen molar-refractivity contribution in [2.45, 2.75) is 13.3 Å². The lowest BCUT2D eigenvalue weighted by molar-refractivity contribution is 0.0926. The summed E-state index contributed by atoms with van der Waals surface area (Å²) in [6.07, 6.45) is 2.29. The Balaban J connectivity index is 1.86. The summed E-state index contributed by atoms with van der Waals surface area (Å²) in [5, 5.41) is 15.5. The van der Waals surface area contributed by atoms with Gasteiger partial charge >= 0.3 is 0 Å². The van der Waals surface area contributed by atoms with Crippen LogP contribution in [0.1, 0.15) is 22.2 Å². The smallest absolute Gasteiger partial charge is 0.292 e. The molecule has 7 heteroatoms. The van der Waals surface area contributed by atoms with E-state index < -0.39 is 5.91 Å². The minimum Gasteiger partial charge on any atom is -0.396 e. The first kappa shape index (κ1) is 14.1. The molecule has 0 spiro atoms. The van der Waals surface area contributed by atoms with E-state index in [4.69, 9.17) is 4.52 Å². The molecule has 0 aromatic carbocycles. The van der Waals surface area contributed by atoms with E-state index in [2.05, 4.69) is 20.4 Å². The van der Waals surface area contributed by atoms with E-state index in [9.17, 15) is 9.90 Å². The Labute approximate surface area is 116 Å². The lowest BCUT2D eigenvalue weighted by Crippen LogP contribution is -2.32. The van der Waals surface area contributed by atoms with Crippen LogP contribution in [0.25, 0.3) is 0 Å². The summed E-state index contributed by atoms with van der Waals surface area (Å²) in [6.45, 7) is 1.89. The van der Waals surface area contributed by atoms with Crippen LogP contribution in [0.2, 0.25) is 0 Å². The molecule has 0 radical (unpaired) electrons. The Morgan fingerprint density at radius 1 is 1.50 bits per heavy atom. The van der Waals surface area contributed by atoms with Crippen molar-refractivity contribution in [3.05, 3.63) is 41.8 Å². The quantitative estimate of drug-likeness (QED) is 0.789. The van der Waals surface area contributed by atoms with Gasteiger partial charge in [0.25, 0.3) is 11.7 Å². The third-order valence-electron chi connectivity index (χ3n) is 2.76. The van der Waals surface area contributed by atoms with Gasteiger partial charge in [0.15, 0.2) is 0 Å². The molecule has 1 atom stereocenters. The maximum absolute atomic E-state index is 11.7. The molecule has 2 heterocycles. The molecule has 0 aliphatic rings. The summed E-state index contributed by atoms with van der Waals surface area (Å²) in [5.41, 5.74) is 0.871. The molecule has 2 aromatic heterocycles. The van der Waals surface area contributed by atoms with Crippen molar-refractivity contribution in [3.8, 4) is 0 Å². The van der Waals surface area contributed by atoms with Gasteiger partial charge in [0.2, 0.25) is 5.89 Å². The standard InChI is InChI=1S/C13H16N4O3/c1-9-16-12(17-20-9)13(19)15-7-10(8-18)6-11-4-2-3-5-14-11/h2-5,10,18H,6-8H2,1H3,(H,15,19). The Morgan fingerprint density at radius 2 is 2.35 bits per heavy atom. The lowest BCUT2D eigenvalue weighted by Gasteiger charge is -2.13. The second kappa shape index (κ2) is 6.76. The lowest BCUT2D eigenvalue weighted by atomic mass is 10.0. The van der Waals surface area contributed by atoms with Crippen LogP contribution in [0.5, 0.6) is 0 Å². The van der Waals surface area contributed by atoms with Crippen molar-refractivity contribution in [1.29, 1.82) is 0 Å². The first-order valence-corrected chi connectivity index (χ1v) is 6.28. The number of aliphatic hydroxyl groups excluding tert-OH is 1. The zero-order valence-corrected chi connectivity index (χ0v) is 11.1. The summed E-state index contributed by atoms with van der Waals surface area (Å²) in [5.74, 6) is -0.192. The summed E-state index contributed by atoms with van der Waals surface area (Å²) < 4.78 is 4.73. The van der Waals surface area contributed by atoms with Gasteiger partial charge in [-0.05, 0) is 18.6 Å². The molecule has 0 fully saturated rings. The minimum absolute atomic E-state index is 0.00275. The van der Waals surface area contributed by atoms with Gasteiger partial charge in [0.05, 0.1) is 0 Å². The fraction of sp³-hybridized carbons (Fsp3) is 0.385. The molecule has 2 N–H and O–H groups in total. The molecule has 7 nitrogen and oxygen atoms in total. The van der Waals surface area contributed by atoms with Gasteiger partial charge in [-0.2, -0.15) is 4.98 Å². The molecule has 0 saturated heterocycles. The molecule has 0 aliphatic carbocycles. The second-order valence-electron chi connectivity index (χ2n) is 4.42. The van der Waals surface area contributed by atoms with Crippen LogP contribution in [0, 0.1) is 12.8 Å². The summed E-state index contributed by atoms with van der Waals surface area (Å²) in [7, 11) is 0. The molecule has 0 aliphatic heterocycles. The molecule has 2 rings (SSSR count). The SMILES string of the molecule is Cc1nc(C(=O)NCC(CO)Cc2ccccn2)no1. The van der Waals surface area contributed by atoms with E-state index in [-0.39, 0.29) is 18.3 Å². The number of aryl methyl sites for hydroxylation is 1. The van der Waals surface area contributed by atoms with Crippen LogP contribution >= 0.6 is 0 Å². The number of nitrogens with zero attached hydrogens (tertiary/aromatic N) is 3. The van der Waals surface area contributed by atoms with Crippen LogP contribution in [0.15, 0.2) is 28.9 Å². The van der Waals surface area contributed by atoms with Crippen LogP contribution in [0.3, 0.4) is 0 Å². The third kappa shape index (κ3) is 3.86. The molecule has 0 saturated carbocycles. The van der Waals surface area contributed by atoms with Gasteiger partial charge in [-0.25, -0.2) is 0 Å². The number of aromatic nitrogens is 3. The van der Waals surface area contributed by atoms with Crippen molar-refractivity contribution in [2.75, 3.05) is 13.2 Å². The highest BCUT2D eigenvalue weighted by molar-refractivity contribution is 5.90. The van der Waals surface area contributed by atoms with Crippen LogP contribution in [-0.4, -0.2) is 39.3 Å². The number of nitrogens with one attached hydrogen (secondary N) is 1. The molecule has 2 aromatic rings. The van der Waals surface area contributed by atoms with Gasteiger partial charge in [0, 0.05) is 37.9 Å². The van der Waals surface area contributed by atoms with Crippen molar-refractivity contribution >= 4 is 5.91 Å². The zero-order chi connectivity index (χ0) is 14.4. The molecule has 0 bridgehead atoms. The second-order valence-corrected chi connectivity index (χ2v) is 4.42. The van der Waals surface area contributed by atoms with E-state index in [1.807, 2.05) is 18.2 Å². The fourth-order valence-corrected chi connectivity index (χ4v) is 1.72. The number of amides is 1. The van der Waals surface area contributed by atoms with Crippen LogP contribution in [-0.2, 0) is 6.42 Å². The average Bonchev–Trinajstić information content (AvgIpc) is 2.91. The third-order valence-corrected chi connectivity index (χ3v) is 2.76. The Bertz CT molecular complexity index is 556. The van der Waals surface area contributed by atoms with Crippen molar-refractivity contribution in [3.63, 3.8) is 0 Å². The summed E-state index contributed by atoms with van der Waals surface area (Å²) in [4.78, 5) is 19.8. The molecular weight excluding hydrogens is 260 g/mol. The zero-order valence-electron chi connectivity index (χ0n) is 11.1. The molecule has 1 unspecified atom stereocenters. The summed E-state index contributed by atoms with van der Waals surface area (Å²) >= 11 is 0. The maximum atomic E-state index is 11.7. The molecule has 20 heavy (non-hydrogen) atoms. The Morgan fingerprint density at radius 3 is 2.95 bits per heavy atom. The number of pyridine rings is 1. The first-order valence-electron chi connectivity index (χ1n) is 6.28. The van der Waals surface area contributed by atoms with Gasteiger partial charge in [0.1, 0.15) is 0 Å². The minimum atomic E-state index is -0.415. The van der Waals surface area contributed by atoms with E-state index in [0.29, 0.717) is 18.9 Å². The van der Waals surface area contributed by atoms with Gasteiger partial charge in [-0.3, -0.25) is 9.78 Å². The maximum Gasteiger partial charge on any atom is 0.292 e. The predicted molar refractivity (Wildman–Crippen MR) is 69.9 cm³/mol. The molecular formula is C13H16N4O3. The normalized spacial score (nSPS) is 12.1. The number of rotatable bonds is 6. The first-order chi connectivity index (χ1) is 9.69. The number of aliphatic hydroxyl groups is 1.